The van der Waals surface area contributed by atoms with Gasteiger partial charge in [0, 0.05) is 47.7 Å². The third kappa shape index (κ3) is 4.95. The summed E-state index contributed by atoms with van der Waals surface area (Å²) in [6.07, 6.45) is 0. The Hall–Kier alpha value is -3.19. The highest BCUT2D eigenvalue weighted by Gasteiger charge is 2.11. The minimum absolute atomic E-state index is 0.102. The number of thiazole rings is 1. The number of benzene rings is 2. The van der Waals surface area contributed by atoms with Crippen LogP contribution in [0.25, 0.3) is 10.6 Å². The summed E-state index contributed by atoms with van der Waals surface area (Å²) in [6.45, 7) is 1.83. The van der Waals surface area contributed by atoms with E-state index in [4.69, 9.17) is 0 Å². The lowest BCUT2D eigenvalue weighted by Gasteiger charge is -2.13. The predicted octanol–water partition coefficient (Wildman–Crippen LogP) is 3.55. The van der Waals surface area contributed by atoms with Crippen LogP contribution in [0.2, 0.25) is 0 Å². The summed E-state index contributed by atoms with van der Waals surface area (Å²) in [7, 11) is 3.90. The Bertz CT molecular complexity index is 980. The van der Waals surface area contributed by atoms with Gasteiger partial charge in [0.2, 0.25) is 5.91 Å². The fourth-order valence-electron chi connectivity index (χ4n) is 2.59. The number of hydrogen-bond donors (Lipinski definition) is 2. The number of anilines is 2. The average Bonchev–Trinajstić information content (AvgIpc) is 3.13. The Morgan fingerprint density at radius 3 is 2.50 bits per heavy atom. The molecule has 2 aromatic carbocycles. The van der Waals surface area contributed by atoms with Crippen LogP contribution in [0.15, 0.2) is 53.9 Å². The lowest BCUT2D eigenvalue weighted by molar-refractivity contribution is -0.115. The van der Waals surface area contributed by atoms with Gasteiger partial charge in [-0.15, -0.1) is 11.3 Å². The first-order valence-corrected chi connectivity index (χ1v) is 9.68. The van der Waals surface area contributed by atoms with Gasteiger partial charge in [-0.05, 0) is 43.3 Å². The molecule has 3 aromatic rings. The van der Waals surface area contributed by atoms with Crippen LogP contribution in [0.3, 0.4) is 0 Å². The van der Waals surface area contributed by atoms with Crippen LogP contribution >= 0.6 is 11.3 Å². The van der Waals surface area contributed by atoms with Crippen molar-refractivity contribution >= 4 is 34.5 Å². The molecule has 1 heterocycles. The van der Waals surface area contributed by atoms with Crippen molar-refractivity contribution in [2.75, 3.05) is 30.9 Å². The molecule has 1 aromatic heterocycles. The summed E-state index contributed by atoms with van der Waals surface area (Å²) in [4.78, 5) is 30.9. The van der Waals surface area contributed by atoms with E-state index in [-0.39, 0.29) is 18.4 Å². The molecule has 0 atom stereocenters. The fourth-order valence-corrected chi connectivity index (χ4v) is 3.39. The lowest BCUT2D eigenvalue weighted by atomic mass is 10.1. The normalized spacial score (nSPS) is 10.4. The average molecular weight is 395 g/mol. The van der Waals surface area contributed by atoms with Crippen molar-refractivity contribution in [3.05, 3.63) is 65.2 Å². The topological polar surface area (TPSA) is 74.3 Å². The number of hydrogen-bond acceptors (Lipinski definition) is 5. The van der Waals surface area contributed by atoms with Crippen molar-refractivity contribution in [1.82, 2.24) is 10.3 Å². The lowest BCUT2D eigenvalue weighted by Crippen LogP contribution is -2.32. The molecule has 0 unspecified atom stereocenters. The first-order valence-electron chi connectivity index (χ1n) is 8.80. The highest BCUT2D eigenvalue weighted by molar-refractivity contribution is 7.13. The predicted molar refractivity (Wildman–Crippen MR) is 114 cm³/mol. The van der Waals surface area contributed by atoms with Gasteiger partial charge < -0.3 is 15.5 Å². The number of amides is 2. The van der Waals surface area contributed by atoms with E-state index >= 15 is 0 Å². The van der Waals surface area contributed by atoms with E-state index in [0.717, 1.165) is 22.0 Å². The zero-order valence-electron chi connectivity index (χ0n) is 16.0. The molecule has 0 aliphatic carbocycles. The molecule has 0 saturated heterocycles. The Kier molecular flexibility index (Phi) is 6.06. The highest BCUT2D eigenvalue weighted by atomic mass is 32.1. The van der Waals surface area contributed by atoms with Crippen molar-refractivity contribution in [2.24, 2.45) is 0 Å². The molecule has 28 heavy (non-hydrogen) atoms. The molecule has 0 aliphatic rings. The third-order valence-electron chi connectivity index (χ3n) is 4.07. The molecule has 7 heteroatoms. The summed E-state index contributed by atoms with van der Waals surface area (Å²) >= 11 is 1.54. The maximum Gasteiger partial charge on any atom is 0.251 e. The molecule has 0 saturated carbocycles. The molecule has 2 N–H and O–H groups in total. The molecule has 3 rings (SSSR count). The molecule has 0 spiro atoms. The largest absolute Gasteiger partial charge is 0.378 e. The second-order valence-corrected chi connectivity index (χ2v) is 7.41. The van der Waals surface area contributed by atoms with Crippen LogP contribution in [0.4, 0.5) is 11.4 Å². The molecule has 0 bridgehead atoms. The van der Waals surface area contributed by atoms with Crippen molar-refractivity contribution in [3.63, 3.8) is 0 Å². The van der Waals surface area contributed by atoms with Gasteiger partial charge >= 0.3 is 0 Å². The summed E-state index contributed by atoms with van der Waals surface area (Å²) in [5.74, 6) is -0.578. The Morgan fingerprint density at radius 2 is 1.86 bits per heavy atom. The second kappa shape index (κ2) is 8.67. The van der Waals surface area contributed by atoms with Gasteiger partial charge in [0.25, 0.3) is 5.91 Å². The van der Waals surface area contributed by atoms with Crippen molar-refractivity contribution in [1.29, 1.82) is 0 Å². The first kappa shape index (κ1) is 19.6. The second-order valence-electron chi connectivity index (χ2n) is 6.55. The molecule has 0 fully saturated rings. The minimum Gasteiger partial charge on any atom is -0.378 e. The van der Waals surface area contributed by atoms with Gasteiger partial charge in [0.15, 0.2) is 0 Å². The quantitative estimate of drug-likeness (QED) is 0.670. The van der Waals surface area contributed by atoms with Crippen molar-refractivity contribution in [2.45, 2.75) is 6.92 Å². The molecule has 2 amide bonds. The van der Waals surface area contributed by atoms with Crippen LogP contribution in [-0.4, -0.2) is 37.4 Å². The van der Waals surface area contributed by atoms with E-state index in [2.05, 4.69) is 15.6 Å². The Morgan fingerprint density at radius 1 is 1.11 bits per heavy atom. The third-order valence-corrected chi connectivity index (χ3v) is 5.08. The van der Waals surface area contributed by atoms with Crippen LogP contribution in [0, 0.1) is 6.92 Å². The molecular weight excluding hydrogens is 372 g/mol. The van der Waals surface area contributed by atoms with E-state index in [1.165, 1.54) is 11.3 Å². The number of nitrogens with one attached hydrogen (secondary N) is 2. The molecule has 0 radical (unpaired) electrons. The summed E-state index contributed by atoms with van der Waals surface area (Å²) in [6, 6.07) is 14.7. The Labute approximate surface area is 168 Å². The summed E-state index contributed by atoms with van der Waals surface area (Å²) < 4.78 is 0. The van der Waals surface area contributed by atoms with E-state index < -0.39 is 0 Å². The number of carbonyl (C=O) groups excluding carboxylic acids is 2. The van der Waals surface area contributed by atoms with E-state index in [0.29, 0.717) is 11.3 Å². The maximum atomic E-state index is 12.4. The monoisotopic (exact) mass is 394 g/mol. The van der Waals surface area contributed by atoms with Gasteiger partial charge in [-0.25, -0.2) is 4.98 Å². The van der Waals surface area contributed by atoms with Gasteiger partial charge in [-0.2, -0.15) is 0 Å². The summed E-state index contributed by atoms with van der Waals surface area (Å²) in [5, 5.41) is 8.27. The smallest absolute Gasteiger partial charge is 0.251 e. The minimum atomic E-state index is -0.298. The molecular formula is C21H22N4O2S. The van der Waals surface area contributed by atoms with E-state index in [1.807, 2.05) is 67.7 Å². The van der Waals surface area contributed by atoms with Crippen LogP contribution < -0.4 is 15.5 Å². The maximum absolute atomic E-state index is 12.4. The van der Waals surface area contributed by atoms with Crippen molar-refractivity contribution in [3.8, 4) is 10.6 Å². The van der Waals surface area contributed by atoms with Crippen molar-refractivity contribution < 1.29 is 9.59 Å². The first-order chi connectivity index (χ1) is 13.4. The van der Waals surface area contributed by atoms with E-state index in [1.54, 1.807) is 12.1 Å². The van der Waals surface area contributed by atoms with Crippen LogP contribution in [-0.2, 0) is 4.79 Å². The number of aryl methyl sites for hydroxylation is 1. The molecule has 144 valence electrons. The number of carbonyl (C=O) groups is 2. The molecule has 0 aliphatic heterocycles. The summed E-state index contributed by atoms with van der Waals surface area (Å²) in [5.41, 5.74) is 4.06. The standard InChI is InChI=1S/C21H22N4O2S/c1-14-13-28-21(23-14)16-6-4-5-15(11-16)20(27)22-12-19(26)24-17-7-9-18(10-8-17)25(2)3/h4-11,13H,12H2,1-3H3,(H,22,27)(H,24,26). The van der Waals surface area contributed by atoms with Gasteiger partial charge in [0.1, 0.15) is 5.01 Å². The number of nitrogens with zero attached hydrogens (tertiary/aromatic N) is 2. The zero-order valence-corrected chi connectivity index (χ0v) is 16.8. The Balaban J connectivity index is 1.57. The van der Waals surface area contributed by atoms with Gasteiger partial charge in [-0.1, -0.05) is 12.1 Å². The number of aromatic nitrogens is 1. The van der Waals surface area contributed by atoms with Crippen LogP contribution in [0.1, 0.15) is 16.1 Å². The zero-order chi connectivity index (χ0) is 20.1. The number of rotatable bonds is 6. The van der Waals surface area contributed by atoms with Gasteiger partial charge in [0.05, 0.1) is 6.54 Å². The highest BCUT2D eigenvalue weighted by Crippen LogP contribution is 2.24. The SMILES string of the molecule is Cc1csc(-c2cccc(C(=O)NCC(=O)Nc3ccc(N(C)C)cc3)c2)n1. The van der Waals surface area contributed by atoms with Crippen LogP contribution in [0.5, 0.6) is 0 Å². The van der Waals surface area contributed by atoms with Gasteiger partial charge in [-0.3, -0.25) is 9.59 Å². The fraction of sp³-hybridized carbons (Fsp3) is 0.190. The van der Waals surface area contributed by atoms with E-state index in [9.17, 15) is 9.59 Å². The molecule has 6 nitrogen and oxygen atoms in total.